The lowest BCUT2D eigenvalue weighted by atomic mass is 10.1. The van der Waals surface area contributed by atoms with Gasteiger partial charge in [0.15, 0.2) is 0 Å². The van der Waals surface area contributed by atoms with Crippen LogP contribution in [0, 0.1) is 0 Å². The average Bonchev–Trinajstić information content (AvgIpc) is 2.35. The molecule has 0 radical (unpaired) electrons. The van der Waals surface area contributed by atoms with Crippen LogP contribution in [0.4, 0.5) is 18.9 Å². The average molecular weight is 342 g/mol. The predicted molar refractivity (Wildman–Crippen MR) is 65.7 cm³/mol. The van der Waals surface area contributed by atoms with Gasteiger partial charge in [-0.05, 0) is 18.2 Å². The highest BCUT2D eigenvalue weighted by atomic mass is 79.9. The number of esters is 1. The first kappa shape index (κ1) is 15.8. The van der Waals surface area contributed by atoms with Crippen molar-refractivity contribution in [2.75, 3.05) is 19.0 Å². The van der Waals surface area contributed by atoms with Crippen LogP contribution < -0.4 is 5.32 Å². The van der Waals surface area contributed by atoms with Crippen LogP contribution in [0.1, 0.15) is 5.56 Å². The van der Waals surface area contributed by atoms with E-state index in [-0.39, 0.29) is 10.2 Å². The number of ether oxygens (including phenoxy) is 1. The summed E-state index contributed by atoms with van der Waals surface area (Å²) in [5, 5.41) is 11.3. The fourth-order valence-electron chi connectivity index (χ4n) is 1.39. The number of aliphatic hydroxyl groups excluding tert-OH is 1. The molecule has 1 aromatic carbocycles. The molecule has 1 rings (SSSR count). The molecule has 1 unspecified atom stereocenters. The van der Waals surface area contributed by atoms with E-state index in [1.807, 2.05) is 0 Å². The van der Waals surface area contributed by atoms with Crippen molar-refractivity contribution in [1.82, 2.24) is 0 Å². The molecule has 0 bridgehead atoms. The van der Waals surface area contributed by atoms with Crippen LogP contribution in [0.15, 0.2) is 22.7 Å². The molecule has 8 heteroatoms. The highest BCUT2D eigenvalue weighted by Gasteiger charge is 2.34. The molecular formula is C11H11BrF3NO3. The molecule has 0 aromatic heterocycles. The molecule has 0 heterocycles. The van der Waals surface area contributed by atoms with Crippen molar-refractivity contribution in [2.45, 2.75) is 12.2 Å². The standard InChI is InChI=1S/C11H11BrF3NO3/c1-19-10(18)9(5-17)16-8-3-2-6(12)4-7(8)11(13,14)15/h2-4,9,16-17H,5H2,1H3. The molecule has 2 N–H and O–H groups in total. The number of carbonyl (C=O) groups excluding carboxylic acids is 1. The Labute approximate surface area is 115 Å². The second-order valence-corrected chi connectivity index (χ2v) is 4.51. The number of halogens is 4. The molecule has 4 nitrogen and oxygen atoms in total. The summed E-state index contributed by atoms with van der Waals surface area (Å²) in [6.45, 7) is -0.681. The van der Waals surface area contributed by atoms with Gasteiger partial charge >= 0.3 is 12.1 Å². The molecule has 1 atom stereocenters. The molecule has 0 aliphatic heterocycles. The Morgan fingerprint density at radius 2 is 2.16 bits per heavy atom. The van der Waals surface area contributed by atoms with Gasteiger partial charge < -0.3 is 15.2 Å². The van der Waals surface area contributed by atoms with Gasteiger partial charge in [-0.1, -0.05) is 15.9 Å². The molecule has 0 aliphatic carbocycles. The van der Waals surface area contributed by atoms with Gasteiger partial charge in [-0.3, -0.25) is 0 Å². The summed E-state index contributed by atoms with van der Waals surface area (Å²) in [6, 6.07) is 2.18. The number of anilines is 1. The Hall–Kier alpha value is -1.28. The Morgan fingerprint density at radius 1 is 1.53 bits per heavy atom. The minimum atomic E-state index is -4.58. The maximum Gasteiger partial charge on any atom is 0.418 e. The number of nitrogens with one attached hydrogen (secondary N) is 1. The lowest BCUT2D eigenvalue weighted by Crippen LogP contribution is -2.34. The zero-order chi connectivity index (χ0) is 14.6. The number of benzene rings is 1. The first-order valence-electron chi connectivity index (χ1n) is 5.11. The van der Waals surface area contributed by atoms with Gasteiger partial charge in [0.1, 0.15) is 6.04 Å². The fourth-order valence-corrected chi connectivity index (χ4v) is 1.75. The van der Waals surface area contributed by atoms with Crippen molar-refractivity contribution >= 4 is 27.6 Å². The van der Waals surface area contributed by atoms with E-state index in [2.05, 4.69) is 26.0 Å². The summed E-state index contributed by atoms with van der Waals surface area (Å²) in [5.41, 5.74) is -1.25. The molecule has 0 amide bonds. The Kier molecular flexibility index (Phi) is 5.19. The highest BCUT2D eigenvalue weighted by molar-refractivity contribution is 9.10. The molecular weight excluding hydrogens is 331 g/mol. The summed E-state index contributed by atoms with van der Waals surface area (Å²) in [7, 11) is 1.08. The number of aliphatic hydroxyl groups is 1. The van der Waals surface area contributed by atoms with Crippen LogP contribution >= 0.6 is 15.9 Å². The van der Waals surface area contributed by atoms with Gasteiger partial charge in [-0.2, -0.15) is 13.2 Å². The van der Waals surface area contributed by atoms with Gasteiger partial charge in [0.25, 0.3) is 0 Å². The van der Waals surface area contributed by atoms with Gasteiger partial charge in [0.05, 0.1) is 19.3 Å². The van der Waals surface area contributed by atoms with Crippen LogP contribution in [0.2, 0.25) is 0 Å². The summed E-state index contributed by atoms with van der Waals surface area (Å²) in [6.07, 6.45) is -4.58. The zero-order valence-corrected chi connectivity index (χ0v) is 11.4. The first-order valence-corrected chi connectivity index (χ1v) is 5.91. The topological polar surface area (TPSA) is 58.6 Å². The quantitative estimate of drug-likeness (QED) is 0.826. The molecule has 0 saturated heterocycles. The third-order valence-corrected chi connectivity index (χ3v) is 2.78. The molecule has 0 aliphatic rings. The Morgan fingerprint density at radius 3 is 2.63 bits per heavy atom. The van der Waals surface area contributed by atoms with Crippen LogP contribution in [0.25, 0.3) is 0 Å². The molecule has 19 heavy (non-hydrogen) atoms. The number of hydrogen-bond acceptors (Lipinski definition) is 4. The van der Waals surface area contributed by atoms with Crippen LogP contribution in [-0.4, -0.2) is 30.8 Å². The van der Waals surface area contributed by atoms with E-state index < -0.39 is 30.4 Å². The third kappa shape index (κ3) is 4.10. The summed E-state index contributed by atoms with van der Waals surface area (Å²) in [5.74, 6) is -0.849. The smallest absolute Gasteiger partial charge is 0.418 e. The van der Waals surface area contributed by atoms with Crippen LogP contribution in [0.5, 0.6) is 0 Å². The molecule has 0 saturated carbocycles. The SMILES string of the molecule is COC(=O)C(CO)Nc1ccc(Br)cc1C(F)(F)F. The summed E-state index contributed by atoms with van der Waals surface area (Å²) >= 11 is 2.95. The van der Waals surface area contributed by atoms with Crippen molar-refractivity contribution in [3.63, 3.8) is 0 Å². The maximum atomic E-state index is 12.8. The van der Waals surface area contributed by atoms with E-state index in [0.717, 1.165) is 13.2 Å². The largest absolute Gasteiger partial charge is 0.467 e. The van der Waals surface area contributed by atoms with Crippen molar-refractivity contribution in [2.24, 2.45) is 0 Å². The first-order chi connectivity index (χ1) is 8.79. The van der Waals surface area contributed by atoms with Gasteiger partial charge in [0.2, 0.25) is 0 Å². The summed E-state index contributed by atoms with van der Waals surface area (Å²) in [4.78, 5) is 11.2. The zero-order valence-electron chi connectivity index (χ0n) is 9.79. The lowest BCUT2D eigenvalue weighted by molar-refractivity contribution is -0.143. The van der Waals surface area contributed by atoms with E-state index in [1.54, 1.807) is 0 Å². The molecule has 0 spiro atoms. The van der Waals surface area contributed by atoms with E-state index in [1.165, 1.54) is 12.1 Å². The van der Waals surface area contributed by atoms with Gasteiger partial charge in [-0.25, -0.2) is 4.79 Å². The number of alkyl halides is 3. The van der Waals surface area contributed by atoms with E-state index in [0.29, 0.717) is 0 Å². The summed E-state index contributed by atoms with van der Waals surface area (Å²) < 4.78 is 43.1. The van der Waals surface area contributed by atoms with Crippen LogP contribution in [0.3, 0.4) is 0 Å². The minimum absolute atomic E-state index is 0.254. The number of hydrogen-bond donors (Lipinski definition) is 2. The Balaban J connectivity index is 3.10. The second kappa shape index (κ2) is 6.25. The number of carbonyl (C=O) groups is 1. The normalized spacial score (nSPS) is 12.9. The fraction of sp³-hybridized carbons (Fsp3) is 0.364. The van der Waals surface area contributed by atoms with Gasteiger partial charge in [-0.15, -0.1) is 0 Å². The maximum absolute atomic E-state index is 12.8. The Bertz CT molecular complexity index is 465. The van der Waals surface area contributed by atoms with Crippen molar-refractivity contribution in [3.8, 4) is 0 Å². The third-order valence-electron chi connectivity index (χ3n) is 2.29. The lowest BCUT2D eigenvalue weighted by Gasteiger charge is -2.19. The van der Waals surface area contributed by atoms with E-state index >= 15 is 0 Å². The minimum Gasteiger partial charge on any atom is -0.467 e. The van der Waals surface area contributed by atoms with Crippen molar-refractivity contribution in [3.05, 3.63) is 28.2 Å². The predicted octanol–water partition coefficient (Wildman–Crippen LogP) is 2.41. The van der Waals surface area contributed by atoms with Crippen molar-refractivity contribution < 1.29 is 27.8 Å². The highest BCUT2D eigenvalue weighted by Crippen LogP contribution is 2.36. The molecule has 0 fully saturated rings. The van der Waals surface area contributed by atoms with E-state index in [4.69, 9.17) is 5.11 Å². The number of rotatable bonds is 4. The monoisotopic (exact) mass is 341 g/mol. The molecule has 106 valence electrons. The number of methoxy groups -OCH3 is 1. The van der Waals surface area contributed by atoms with Crippen LogP contribution in [-0.2, 0) is 15.7 Å². The van der Waals surface area contributed by atoms with E-state index in [9.17, 15) is 18.0 Å². The molecule has 1 aromatic rings. The van der Waals surface area contributed by atoms with Gasteiger partial charge in [0, 0.05) is 10.2 Å². The van der Waals surface area contributed by atoms with Crippen molar-refractivity contribution in [1.29, 1.82) is 0 Å². The second-order valence-electron chi connectivity index (χ2n) is 3.59.